The van der Waals surface area contributed by atoms with Gasteiger partial charge in [0.25, 0.3) is 0 Å². The van der Waals surface area contributed by atoms with Gasteiger partial charge in [0.05, 0.1) is 32.7 Å². The Bertz CT molecular complexity index is 1300. The second kappa shape index (κ2) is 11.1. The molecule has 6 nitrogen and oxygen atoms in total. The predicted molar refractivity (Wildman–Crippen MR) is 142 cm³/mol. The minimum Gasteiger partial charge on any atom is -0.497 e. The van der Waals surface area contributed by atoms with Crippen molar-refractivity contribution in [3.8, 4) is 39.8 Å². The van der Waals surface area contributed by atoms with Crippen molar-refractivity contribution in [3.05, 3.63) is 72.8 Å². The minimum absolute atomic E-state index is 0.0940. The first-order valence-electron chi connectivity index (χ1n) is 12.0. The monoisotopic (exact) mass is 502 g/mol. The first-order chi connectivity index (χ1) is 17.7. The molecule has 186 valence electrons. The molecule has 1 unspecified atom stereocenters. The van der Waals surface area contributed by atoms with E-state index in [1.165, 1.54) is 0 Å². The highest BCUT2D eigenvalue weighted by atomic mass is 32.2. The Kier molecular flexibility index (Phi) is 7.49. The van der Waals surface area contributed by atoms with Crippen LogP contribution in [0.15, 0.2) is 82.8 Å². The SMILES string of the molecule is COc1ccc(-c2nc(Sc3cccc(OC)c3)n(C3CCCCO3)c2-c2ccc(OC)cc2)cc1. The van der Waals surface area contributed by atoms with Gasteiger partial charge in [-0.15, -0.1) is 0 Å². The van der Waals surface area contributed by atoms with Crippen LogP contribution < -0.4 is 14.2 Å². The maximum Gasteiger partial charge on any atom is 0.176 e. The molecule has 7 heteroatoms. The molecule has 1 fully saturated rings. The number of hydrogen-bond donors (Lipinski definition) is 0. The van der Waals surface area contributed by atoms with E-state index in [0.29, 0.717) is 0 Å². The Morgan fingerprint density at radius 2 is 1.47 bits per heavy atom. The summed E-state index contributed by atoms with van der Waals surface area (Å²) in [5.41, 5.74) is 4.01. The highest BCUT2D eigenvalue weighted by molar-refractivity contribution is 7.99. The molecule has 0 aliphatic carbocycles. The summed E-state index contributed by atoms with van der Waals surface area (Å²) in [6.07, 6.45) is 3.04. The summed E-state index contributed by atoms with van der Waals surface area (Å²) in [7, 11) is 5.04. The highest BCUT2D eigenvalue weighted by Gasteiger charge is 2.28. The van der Waals surface area contributed by atoms with Crippen LogP contribution in [0.5, 0.6) is 17.2 Å². The summed E-state index contributed by atoms with van der Waals surface area (Å²) in [6, 6.07) is 24.3. The Morgan fingerprint density at radius 3 is 2.08 bits per heavy atom. The summed E-state index contributed by atoms with van der Waals surface area (Å²) in [4.78, 5) is 6.27. The van der Waals surface area contributed by atoms with Crippen molar-refractivity contribution in [1.29, 1.82) is 0 Å². The second-order valence-corrected chi connectivity index (χ2v) is 9.56. The summed E-state index contributed by atoms with van der Waals surface area (Å²) in [5, 5.41) is 0.881. The van der Waals surface area contributed by atoms with E-state index in [2.05, 4.69) is 34.9 Å². The van der Waals surface area contributed by atoms with Crippen LogP contribution in [0.1, 0.15) is 25.5 Å². The van der Waals surface area contributed by atoms with Crippen LogP contribution in [0.4, 0.5) is 0 Å². The average molecular weight is 503 g/mol. The van der Waals surface area contributed by atoms with E-state index >= 15 is 0 Å². The standard InChI is InChI=1S/C29H30N2O4S/c1-32-22-14-10-20(11-15-22)27-28(21-12-16-23(33-2)17-13-21)31(26-9-4-5-18-35-26)29(30-27)36-25-8-6-7-24(19-25)34-3/h6-8,10-17,19,26H,4-5,9,18H2,1-3H3. The first-order valence-corrected chi connectivity index (χ1v) is 12.9. The Balaban J connectivity index is 1.70. The van der Waals surface area contributed by atoms with Crippen molar-refractivity contribution < 1.29 is 18.9 Å². The molecule has 0 amide bonds. The third-order valence-electron chi connectivity index (χ3n) is 6.30. The molecule has 1 aliphatic heterocycles. The molecule has 3 aromatic carbocycles. The minimum atomic E-state index is -0.0940. The Morgan fingerprint density at radius 1 is 0.806 bits per heavy atom. The van der Waals surface area contributed by atoms with Crippen LogP contribution in [0.3, 0.4) is 0 Å². The van der Waals surface area contributed by atoms with Gasteiger partial charge in [0.1, 0.15) is 23.5 Å². The Hall–Kier alpha value is -3.42. The third kappa shape index (κ3) is 5.08. The van der Waals surface area contributed by atoms with Crippen LogP contribution in [0, 0.1) is 0 Å². The quantitative estimate of drug-likeness (QED) is 0.256. The van der Waals surface area contributed by atoms with Crippen LogP contribution in [0.2, 0.25) is 0 Å². The molecule has 0 spiro atoms. The molecule has 0 bridgehead atoms. The van der Waals surface area contributed by atoms with Gasteiger partial charge in [-0.1, -0.05) is 17.8 Å². The lowest BCUT2D eigenvalue weighted by Crippen LogP contribution is -2.19. The van der Waals surface area contributed by atoms with Gasteiger partial charge < -0.3 is 18.9 Å². The number of benzene rings is 3. The van der Waals surface area contributed by atoms with E-state index in [1.807, 2.05) is 42.5 Å². The van der Waals surface area contributed by atoms with Crippen molar-refractivity contribution in [2.75, 3.05) is 27.9 Å². The number of rotatable bonds is 8. The fourth-order valence-electron chi connectivity index (χ4n) is 4.42. The first kappa shape index (κ1) is 24.3. The van der Waals surface area contributed by atoms with E-state index in [-0.39, 0.29) is 6.23 Å². The summed E-state index contributed by atoms with van der Waals surface area (Å²) < 4.78 is 24.9. The fourth-order valence-corrected chi connectivity index (χ4v) is 5.40. The molecule has 1 aromatic heterocycles. The molecular weight excluding hydrogens is 472 g/mol. The third-order valence-corrected chi connectivity index (χ3v) is 7.26. The van der Waals surface area contributed by atoms with Gasteiger partial charge in [-0.3, -0.25) is 4.57 Å². The van der Waals surface area contributed by atoms with Gasteiger partial charge in [0.15, 0.2) is 5.16 Å². The normalized spacial score (nSPS) is 15.5. The summed E-state index contributed by atoms with van der Waals surface area (Å²) >= 11 is 1.62. The predicted octanol–water partition coefficient (Wildman–Crippen LogP) is 7.09. The number of nitrogens with zero attached hydrogens (tertiary/aromatic N) is 2. The number of methoxy groups -OCH3 is 3. The van der Waals surface area contributed by atoms with Gasteiger partial charge in [-0.05, 0) is 86.0 Å². The van der Waals surface area contributed by atoms with Crippen molar-refractivity contribution in [2.45, 2.75) is 35.5 Å². The highest BCUT2D eigenvalue weighted by Crippen LogP contribution is 2.43. The average Bonchev–Trinajstić information content (AvgIpc) is 3.32. The van der Waals surface area contributed by atoms with Gasteiger partial charge in [0.2, 0.25) is 0 Å². The fraction of sp³-hybridized carbons (Fsp3) is 0.276. The van der Waals surface area contributed by atoms with Crippen molar-refractivity contribution >= 4 is 11.8 Å². The molecule has 0 N–H and O–H groups in total. The van der Waals surface area contributed by atoms with Gasteiger partial charge in [-0.25, -0.2) is 4.98 Å². The zero-order valence-electron chi connectivity index (χ0n) is 20.8. The van der Waals surface area contributed by atoms with Crippen molar-refractivity contribution in [2.24, 2.45) is 0 Å². The van der Waals surface area contributed by atoms with Crippen LogP contribution in [0.25, 0.3) is 22.5 Å². The van der Waals surface area contributed by atoms with Gasteiger partial charge in [-0.2, -0.15) is 0 Å². The van der Waals surface area contributed by atoms with Crippen LogP contribution in [-0.2, 0) is 4.74 Å². The zero-order chi connectivity index (χ0) is 24.9. The lowest BCUT2D eigenvalue weighted by Gasteiger charge is -2.27. The van der Waals surface area contributed by atoms with Crippen LogP contribution >= 0.6 is 11.8 Å². The number of hydrogen-bond acceptors (Lipinski definition) is 6. The van der Waals surface area contributed by atoms with Crippen molar-refractivity contribution in [3.63, 3.8) is 0 Å². The maximum absolute atomic E-state index is 6.32. The zero-order valence-corrected chi connectivity index (χ0v) is 21.6. The lowest BCUT2D eigenvalue weighted by molar-refractivity contribution is -0.0359. The molecule has 0 saturated carbocycles. The molecule has 1 atom stereocenters. The number of aromatic nitrogens is 2. The number of imidazole rings is 1. The second-order valence-electron chi connectivity index (χ2n) is 8.52. The van der Waals surface area contributed by atoms with Gasteiger partial charge in [0, 0.05) is 22.6 Å². The van der Waals surface area contributed by atoms with E-state index in [1.54, 1.807) is 33.1 Å². The van der Waals surface area contributed by atoms with E-state index in [0.717, 1.165) is 75.7 Å². The van der Waals surface area contributed by atoms with Gasteiger partial charge >= 0.3 is 0 Å². The molecule has 36 heavy (non-hydrogen) atoms. The summed E-state index contributed by atoms with van der Waals surface area (Å²) in [5.74, 6) is 2.44. The summed E-state index contributed by atoms with van der Waals surface area (Å²) in [6.45, 7) is 0.742. The molecule has 1 saturated heterocycles. The molecule has 2 heterocycles. The topological polar surface area (TPSA) is 54.7 Å². The maximum atomic E-state index is 6.32. The van der Waals surface area contributed by atoms with Crippen molar-refractivity contribution in [1.82, 2.24) is 9.55 Å². The van der Waals surface area contributed by atoms with E-state index in [9.17, 15) is 0 Å². The molecule has 4 aromatic rings. The molecule has 0 radical (unpaired) electrons. The van der Waals surface area contributed by atoms with E-state index in [4.69, 9.17) is 23.9 Å². The molecule has 5 rings (SSSR count). The van der Waals surface area contributed by atoms with Crippen LogP contribution in [-0.4, -0.2) is 37.5 Å². The Labute approximate surface area is 216 Å². The molecule has 1 aliphatic rings. The molecular formula is C29H30N2O4S. The largest absolute Gasteiger partial charge is 0.497 e. The lowest BCUT2D eigenvalue weighted by atomic mass is 10.0. The van der Waals surface area contributed by atoms with E-state index < -0.39 is 0 Å². The number of ether oxygens (including phenoxy) is 4. The smallest absolute Gasteiger partial charge is 0.176 e.